The van der Waals surface area contributed by atoms with Gasteiger partial charge in [-0.2, -0.15) is 0 Å². The number of hydrogen-bond acceptors (Lipinski definition) is 6. The summed E-state index contributed by atoms with van der Waals surface area (Å²) in [6.45, 7) is 1.38. The van der Waals surface area contributed by atoms with Crippen LogP contribution < -0.4 is 18.9 Å². The van der Waals surface area contributed by atoms with Crippen molar-refractivity contribution in [3.63, 3.8) is 0 Å². The third-order valence-electron chi connectivity index (χ3n) is 2.55. The molecule has 0 saturated heterocycles. The first kappa shape index (κ1) is 16.6. The summed E-state index contributed by atoms with van der Waals surface area (Å²) >= 11 is 3.35. The molecule has 0 atom stereocenters. The molecule has 20 heavy (non-hydrogen) atoms. The third kappa shape index (κ3) is 2.99. The number of halogens is 1. The van der Waals surface area contributed by atoms with Gasteiger partial charge in [-0.15, -0.1) is 0 Å². The molecule has 1 aromatic rings. The number of benzene rings is 1. The Morgan fingerprint density at radius 1 is 0.950 bits per heavy atom. The van der Waals surface area contributed by atoms with Crippen LogP contribution in [0.4, 0.5) is 0 Å². The van der Waals surface area contributed by atoms with Crippen molar-refractivity contribution in [3.05, 3.63) is 10.0 Å². The summed E-state index contributed by atoms with van der Waals surface area (Å²) in [5.41, 5.74) is 0.258. The van der Waals surface area contributed by atoms with Gasteiger partial charge in [0.25, 0.3) is 0 Å². The van der Waals surface area contributed by atoms with Crippen LogP contribution in [-0.4, -0.2) is 41.0 Å². The second kappa shape index (κ2) is 7.35. The smallest absolute Gasteiger partial charge is 0.205 e. The van der Waals surface area contributed by atoms with E-state index in [2.05, 4.69) is 15.9 Å². The largest absolute Gasteiger partial charge is 0.495 e. The Balaban J connectivity index is 3.68. The van der Waals surface area contributed by atoms with E-state index >= 15 is 0 Å². The standard InChI is InChI=1S/C13H17BrO6/c1-7(15)8-10(17-3)9(14)12(18-4)13(19-5)11(8)20-6-16-2/h6H2,1-5H3. The molecule has 0 aliphatic carbocycles. The number of rotatable bonds is 7. The molecule has 0 aromatic heterocycles. The van der Waals surface area contributed by atoms with Gasteiger partial charge in [0.2, 0.25) is 5.75 Å². The highest BCUT2D eigenvalue weighted by molar-refractivity contribution is 9.10. The molecule has 0 spiro atoms. The summed E-state index contributed by atoms with van der Waals surface area (Å²) < 4.78 is 26.7. The summed E-state index contributed by atoms with van der Waals surface area (Å²) in [6, 6.07) is 0. The van der Waals surface area contributed by atoms with Crippen LogP contribution in [0.3, 0.4) is 0 Å². The number of carbonyl (C=O) groups is 1. The number of ketones is 1. The van der Waals surface area contributed by atoms with Gasteiger partial charge >= 0.3 is 0 Å². The van der Waals surface area contributed by atoms with Crippen molar-refractivity contribution in [1.82, 2.24) is 0 Å². The lowest BCUT2D eigenvalue weighted by Crippen LogP contribution is -2.09. The molecule has 6 nitrogen and oxygen atoms in total. The van der Waals surface area contributed by atoms with E-state index in [0.717, 1.165) is 0 Å². The second-order valence-electron chi connectivity index (χ2n) is 3.72. The predicted molar refractivity (Wildman–Crippen MR) is 76.3 cm³/mol. The van der Waals surface area contributed by atoms with E-state index in [-0.39, 0.29) is 23.9 Å². The van der Waals surface area contributed by atoms with E-state index in [0.29, 0.717) is 21.7 Å². The molecule has 0 heterocycles. The molecule has 0 aliphatic rings. The normalized spacial score (nSPS) is 10.1. The van der Waals surface area contributed by atoms with Crippen molar-refractivity contribution in [3.8, 4) is 23.0 Å². The lowest BCUT2D eigenvalue weighted by atomic mass is 10.1. The van der Waals surface area contributed by atoms with Gasteiger partial charge in [-0.25, -0.2) is 0 Å². The van der Waals surface area contributed by atoms with E-state index in [1.54, 1.807) is 0 Å². The van der Waals surface area contributed by atoms with Crippen LogP contribution in [0.1, 0.15) is 17.3 Å². The Morgan fingerprint density at radius 2 is 1.50 bits per heavy atom. The molecule has 0 aliphatic heterocycles. The fourth-order valence-corrected chi connectivity index (χ4v) is 2.47. The summed E-state index contributed by atoms with van der Waals surface area (Å²) in [7, 11) is 5.88. The zero-order valence-corrected chi connectivity index (χ0v) is 13.6. The number of Topliss-reactive ketones (excluding diaryl/α,β-unsaturated/α-hetero) is 1. The van der Waals surface area contributed by atoms with E-state index in [1.807, 2.05) is 0 Å². The molecule has 0 amide bonds. The van der Waals surface area contributed by atoms with Crippen molar-refractivity contribution in [2.24, 2.45) is 0 Å². The van der Waals surface area contributed by atoms with E-state index in [9.17, 15) is 4.79 Å². The monoisotopic (exact) mass is 348 g/mol. The van der Waals surface area contributed by atoms with Gasteiger partial charge in [-0.3, -0.25) is 4.79 Å². The van der Waals surface area contributed by atoms with Crippen molar-refractivity contribution in [2.75, 3.05) is 35.2 Å². The van der Waals surface area contributed by atoms with E-state index in [4.69, 9.17) is 23.7 Å². The minimum atomic E-state index is -0.227. The van der Waals surface area contributed by atoms with Crippen LogP contribution in [0.25, 0.3) is 0 Å². The zero-order valence-electron chi connectivity index (χ0n) is 12.0. The summed E-state index contributed by atoms with van der Waals surface area (Å²) in [5, 5.41) is 0. The number of carbonyl (C=O) groups excluding carboxylic acids is 1. The maximum atomic E-state index is 11.9. The summed E-state index contributed by atoms with van der Waals surface area (Å²) in [6.07, 6.45) is 0. The Kier molecular flexibility index (Phi) is 6.09. The average molecular weight is 349 g/mol. The lowest BCUT2D eigenvalue weighted by Gasteiger charge is -2.20. The van der Waals surface area contributed by atoms with Gasteiger partial charge in [0.05, 0.1) is 21.3 Å². The van der Waals surface area contributed by atoms with Gasteiger partial charge in [0.1, 0.15) is 10.0 Å². The Hall–Kier alpha value is -1.47. The lowest BCUT2D eigenvalue weighted by molar-refractivity contribution is 0.0477. The van der Waals surface area contributed by atoms with Gasteiger partial charge in [0, 0.05) is 7.11 Å². The van der Waals surface area contributed by atoms with Crippen molar-refractivity contribution < 1.29 is 28.5 Å². The van der Waals surface area contributed by atoms with Crippen molar-refractivity contribution in [2.45, 2.75) is 6.92 Å². The third-order valence-corrected chi connectivity index (χ3v) is 3.27. The first-order chi connectivity index (χ1) is 9.53. The molecule has 1 rings (SSSR count). The van der Waals surface area contributed by atoms with Crippen LogP contribution in [-0.2, 0) is 4.74 Å². The highest BCUT2D eigenvalue weighted by Crippen LogP contribution is 2.51. The predicted octanol–water partition coefficient (Wildman–Crippen LogP) is 2.66. The van der Waals surface area contributed by atoms with Gasteiger partial charge in [-0.05, 0) is 22.9 Å². The molecule has 0 unspecified atom stereocenters. The van der Waals surface area contributed by atoms with Crippen molar-refractivity contribution in [1.29, 1.82) is 0 Å². The number of methoxy groups -OCH3 is 4. The van der Waals surface area contributed by atoms with Crippen LogP contribution >= 0.6 is 15.9 Å². The molecule has 0 bridgehead atoms. The minimum absolute atomic E-state index is 0.0371. The second-order valence-corrected chi connectivity index (χ2v) is 4.52. The van der Waals surface area contributed by atoms with Gasteiger partial charge in [0.15, 0.2) is 29.8 Å². The van der Waals surface area contributed by atoms with Crippen LogP contribution in [0.15, 0.2) is 4.47 Å². The summed E-state index contributed by atoms with van der Waals surface area (Å²) in [4.78, 5) is 11.9. The highest BCUT2D eigenvalue weighted by atomic mass is 79.9. The molecule has 112 valence electrons. The zero-order chi connectivity index (χ0) is 15.3. The minimum Gasteiger partial charge on any atom is -0.495 e. The topological polar surface area (TPSA) is 63.2 Å². The summed E-state index contributed by atoms with van der Waals surface area (Å²) in [5.74, 6) is 0.984. The fourth-order valence-electron chi connectivity index (χ4n) is 1.77. The first-order valence-corrected chi connectivity index (χ1v) is 6.46. The SMILES string of the molecule is COCOc1c(OC)c(OC)c(Br)c(OC)c1C(C)=O. The number of hydrogen-bond donors (Lipinski definition) is 0. The van der Waals surface area contributed by atoms with E-state index < -0.39 is 0 Å². The quantitative estimate of drug-likeness (QED) is 0.557. The molecule has 0 radical (unpaired) electrons. The Bertz CT molecular complexity index is 500. The van der Waals surface area contributed by atoms with Crippen LogP contribution in [0.2, 0.25) is 0 Å². The molecule has 0 N–H and O–H groups in total. The first-order valence-electron chi connectivity index (χ1n) is 5.67. The average Bonchev–Trinajstić information content (AvgIpc) is 2.43. The number of ether oxygens (including phenoxy) is 5. The Labute approximate surface area is 126 Å². The molecule has 1 aromatic carbocycles. The van der Waals surface area contributed by atoms with Crippen LogP contribution in [0, 0.1) is 0 Å². The van der Waals surface area contributed by atoms with Gasteiger partial charge in [-0.1, -0.05) is 0 Å². The molecule has 7 heteroatoms. The van der Waals surface area contributed by atoms with E-state index in [1.165, 1.54) is 35.4 Å². The molecule has 0 fully saturated rings. The molecular formula is C13H17BrO6. The maximum Gasteiger partial charge on any atom is 0.205 e. The fraction of sp³-hybridized carbons (Fsp3) is 0.462. The maximum absolute atomic E-state index is 11.9. The highest BCUT2D eigenvalue weighted by Gasteiger charge is 2.28. The van der Waals surface area contributed by atoms with Crippen molar-refractivity contribution >= 4 is 21.7 Å². The molecular weight excluding hydrogens is 332 g/mol. The Morgan fingerprint density at radius 3 is 1.90 bits per heavy atom. The molecule has 0 saturated carbocycles. The van der Waals surface area contributed by atoms with Crippen LogP contribution in [0.5, 0.6) is 23.0 Å². The van der Waals surface area contributed by atoms with Gasteiger partial charge < -0.3 is 23.7 Å².